The molecule has 128 valence electrons. The molecule has 6 heteroatoms. The van der Waals surface area contributed by atoms with Crippen LogP contribution in [0.25, 0.3) is 11.0 Å². The van der Waals surface area contributed by atoms with E-state index >= 15 is 0 Å². The standard InChI is InChI=1S/C19H17NO5/c1-12-15-5-3-4-6-16(15)25-18(12)19(22)24-11-17(21)20-13-7-9-14(23-2)10-8-13/h3-10H,11H2,1-2H3,(H,20,21). The Morgan fingerprint density at radius 2 is 1.80 bits per heavy atom. The van der Waals surface area contributed by atoms with Crippen molar-refractivity contribution in [3.05, 3.63) is 59.9 Å². The largest absolute Gasteiger partial charge is 0.497 e. The van der Waals surface area contributed by atoms with Gasteiger partial charge in [0.2, 0.25) is 5.76 Å². The van der Waals surface area contributed by atoms with E-state index in [0.29, 0.717) is 22.6 Å². The lowest BCUT2D eigenvalue weighted by Crippen LogP contribution is -2.21. The maximum Gasteiger partial charge on any atom is 0.375 e. The highest BCUT2D eigenvalue weighted by Gasteiger charge is 2.19. The number of carbonyl (C=O) groups is 2. The minimum absolute atomic E-state index is 0.110. The second-order valence-corrected chi connectivity index (χ2v) is 5.41. The molecule has 1 amide bonds. The summed E-state index contributed by atoms with van der Waals surface area (Å²) in [5.74, 6) is -0.311. The lowest BCUT2D eigenvalue weighted by molar-refractivity contribution is -0.119. The normalized spacial score (nSPS) is 10.5. The highest BCUT2D eigenvalue weighted by molar-refractivity contribution is 5.98. The van der Waals surface area contributed by atoms with Gasteiger partial charge in [-0.1, -0.05) is 18.2 Å². The molecule has 2 aromatic carbocycles. The maximum absolute atomic E-state index is 12.2. The molecule has 0 saturated carbocycles. The summed E-state index contributed by atoms with van der Waals surface area (Å²) < 4.78 is 15.6. The Kier molecular flexibility index (Phi) is 4.70. The molecule has 0 aliphatic rings. The molecule has 6 nitrogen and oxygen atoms in total. The number of rotatable bonds is 5. The van der Waals surface area contributed by atoms with E-state index < -0.39 is 18.5 Å². The van der Waals surface area contributed by atoms with Crippen LogP contribution in [0.3, 0.4) is 0 Å². The first-order valence-electron chi connectivity index (χ1n) is 7.67. The Hall–Kier alpha value is -3.28. The van der Waals surface area contributed by atoms with E-state index in [-0.39, 0.29) is 5.76 Å². The molecule has 0 bridgehead atoms. The smallest absolute Gasteiger partial charge is 0.375 e. The first-order valence-corrected chi connectivity index (χ1v) is 7.67. The van der Waals surface area contributed by atoms with Gasteiger partial charge in [-0.3, -0.25) is 4.79 Å². The number of nitrogens with one attached hydrogen (secondary N) is 1. The molecule has 1 N–H and O–H groups in total. The van der Waals surface area contributed by atoms with Gasteiger partial charge in [0.1, 0.15) is 11.3 Å². The summed E-state index contributed by atoms with van der Waals surface area (Å²) >= 11 is 0. The van der Waals surface area contributed by atoms with Crippen LogP contribution < -0.4 is 10.1 Å². The summed E-state index contributed by atoms with van der Waals surface area (Å²) in [6, 6.07) is 14.2. The Bertz CT molecular complexity index is 911. The predicted molar refractivity (Wildman–Crippen MR) is 92.9 cm³/mol. The molecule has 0 atom stereocenters. The first kappa shape index (κ1) is 16.6. The molecule has 0 aliphatic carbocycles. The fourth-order valence-corrected chi connectivity index (χ4v) is 2.44. The molecule has 1 aromatic heterocycles. The monoisotopic (exact) mass is 339 g/mol. The lowest BCUT2D eigenvalue weighted by Gasteiger charge is -2.07. The zero-order valence-corrected chi connectivity index (χ0v) is 13.9. The van der Waals surface area contributed by atoms with Gasteiger partial charge in [0.15, 0.2) is 6.61 Å². The average molecular weight is 339 g/mol. The zero-order chi connectivity index (χ0) is 17.8. The van der Waals surface area contributed by atoms with Crippen LogP contribution >= 0.6 is 0 Å². The number of para-hydroxylation sites is 1. The van der Waals surface area contributed by atoms with Gasteiger partial charge in [-0.25, -0.2) is 4.79 Å². The number of furan rings is 1. The minimum Gasteiger partial charge on any atom is -0.497 e. The molecule has 3 rings (SSSR count). The summed E-state index contributed by atoms with van der Waals surface area (Å²) in [5, 5.41) is 3.48. The Labute approximate surface area is 144 Å². The van der Waals surface area contributed by atoms with E-state index in [9.17, 15) is 9.59 Å². The van der Waals surface area contributed by atoms with Crippen molar-refractivity contribution in [1.29, 1.82) is 0 Å². The van der Waals surface area contributed by atoms with Gasteiger partial charge in [-0.05, 0) is 37.3 Å². The number of anilines is 1. The Balaban J connectivity index is 1.60. The van der Waals surface area contributed by atoms with E-state index in [1.165, 1.54) is 0 Å². The number of hydrogen-bond acceptors (Lipinski definition) is 5. The molecule has 0 aliphatic heterocycles. The number of methoxy groups -OCH3 is 1. The summed E-state index contributed by atoms with van der Waals surface area (Å²) in [6.07, 6.45) is 0. The van der Waals surface area contributed by atoms with Gasteiger partial charge in [0.25, 0.3) is 5.91 Å². The summed E-state index contributed by atoms with van der Waals surface area (Å²) in [4.78, 5) is 24.1. The van der Waals surface area contributed by atoms with Crippen molar-refractivity contribution in [3.8, 4) is 5.75 Å². The van der Waals surface area contributed by atoms with Crippen molar-refractivity contribution < 1.29 is 23.5 Å². The fourth-order valence-electron chi connectivity index (χ4n) is 2.44. The minimum atomic E-state index is -0.668. The third kappa shape index (κ3) is 3.63. The average Bonchev–Trinajstić information content (AvgIpc) is 2.97. The van der Waals surface area contributed by atoms with E-state index in [1.54, 1.807) is 44.4 Å². The molecule has 0 spiro atoms. The number of carbonyl (C=O) groups excluding carboxylic acids is 2. The van der Waals surface area contributed by atoms with Crippen LogP contribution in [0.1, 0.15) is 16.1 Å². The highest BCUT2D eigenvalue weighted by Crippen LogP contribution is 2.25. The number of amides is 1. The van der Waals surface area contributed by atoms with Gasteiger partial charge < -0.3 is 19.2 Å². The molecular weight excluding hydrogens is 322 g/mol. The van der Waals surface area contributed by atoms with E-state index in [0.717, 1.165) is 5.39 Å². The van der Waals surface area contributed by atoms with Gasteiger partial charge in [0.05, 0.1) is 7.11 Å². The summed E-state index contributed by atoms with van der Waals surface area (Å²) in [5.41, 5.74) is 1.88. The van der Waals surface area contributed by atoms with Gasteiger partial charge in [0, 0.05) is 16.6 Å². The number of aryl methyl sites for hydroxylation is 1. The van der Waals surface area contributed by atoms with Gasteiger partial charge in [-0.2, -0.15) is 0 Å². The second-order valence-electron chi connectivity index (χ2n) is 5.41. The summed E-state index contributed by atoms with van der Waals surface area (Å²) in [6.45, 7) is 1.38. The molecule has 25 heavy (non-hydrogen) atoms. The van der Waals surface area contributed by atoms with Crippen molar-refractivity contribution in [3.63, 3.8) is 0 Å². The highest BCUT2D eigenvalue weighted by atomic mass is 16.5. The molecular formula is C19H17NO5. The topological polar surface area (TPSA) is 77.8 Å². The van der Waals surface area contributed by atoms with Crippen molar-refractivity contribution in [2.45, 2.75) is 6.92 Å². The predicted octanol–water partition coefficient (Wildman–Crippen LogP) is 3.55. The van der Waals surface area contributed by atoms with Gasteiger partial charge in [-0.15, -0.1) is 0 Å². The fraction of sp³-hybridized carbons (Fsp3) is 0.158. The summed E-state index contributed by atoms with van der Waals surface area (Å²) in [7, 11) is 1.56. The Morgan fingerprint density at radius 1 is 1.08 bits per heavy atom. The van der Waals surface area contributed by atoms with Crippen LogP contribution in [0, 0.1) is 6.92 Å². The quantitative estimate of drug-likeness (QED) is 0.719. The zero-order valence-electron chi connectivity index (χ0n) is 13.9. The van der Waals surface area contributed by atoms with Crippen LogP contribution in [0.15, 0.2) is 52.9 Å². The van der Waals surface area contributed by atoms with Crippen LogP contribution in [-0.4, -0.2) is 25.6 Å². The van der Waals surface area contributed by atoms with Crippen LogP contribution in [0.2, 0.25) is 0 Å². The third-order valence-corrected chi connectivity index (χ3v) is 3.74. The maximum atomic E-state index is 12.2. The van der Waals surface area contributed by atoms with Crippen LogP contribution in [0.4, 0.5) is 5.69 Å². The van der Waals surface area contributed by atoms with E-state index in [1.807, 2.05) is 18.2 Å². The molecule has 3 aromatic rings. The number of esters is 1. The lowest BCUT2D eigenvalue weighted by atomic mass is 10.1. The van der Waals surface area contributed by atoms with Crippen molar-refractivity contribution >= 4 is 28.5 Å². The number of benzene rings is 2. The van der Waals surface area contributed by atoms with Crippen molar-refractivity contribution in [2.75, 3.05) is 19.0 Å². The van der Waals surface area contributed by atoms with Crippen molar-refractivity contribution in [2.24, 2.45) is 0 Å². The Morgan fingerprint density at radius 3 is 2.48 bits per heavy atom. The van der Waals surface area contributed by atoms with Crippen LogP contribution in [0.5, 0.6) is 5.75 Å². The SMILES string of the molecule is COc1ccc(NC(=O)COC(=O)c2oc3ccccc3c2C)cc1. The van der Waals surface area contributed by atoms with Gasteiger partial charge >= 0.3 is 5.97 Å². The first-order chi connectivity index (χ1) is 12.1. The molecule has 0 fully saturated rings. The van der Waals surface area contributed by atoms with E-state index in [2.05, 4.69) is 5.32 Å². The number of ether oxygens (including phenoxy) is 2. The molecule has 1 heterocycles. The van der Waals surface area contributed by atoms with Crippen molar-refractivity contribution in [1.82, 2.24) is 0 Å². The third-order valence-electron chi connectivity index (χ3n) is 3.74. The molecule has 0 unspecified atom stereocenters. The number of hydrogen-bond donors (Lipinski definition) is 1. The van der Waals surface area contributed by atoms with Crippen LogP contribution in [-0.2, 0) is 9.53 Å². The second kappa shape index (κ2) is 7.09. The van der Waals surface area contributed by atoms with E-state index in [4.69, 9.17) is 13.9 Å². The number of fused-ring (bicyclic) bond motifs is 1. The molecule has 0 saturated heterocycles. The molecule has 0 radical (unpaired) electrons.